The smallest absolute Gasteiger partial charge is 0.258 e. The molecule has 0 spiro atoms. The van der Waals surface area contributed by atoms with Gasteiger partial charge in [-0.25, -0.2) is 0 Å². The number of nitrogens with one attached hydrogen (secondary N) is 1. The number of benzene rings is 1. The number of amides is 1. The van der Waals surface area contributed by atoms with E-state index in [1.807, 2.05) is 13.0 Å². The Morgan fingerprint density at radius 2 is 2.05 bits per heavy atom. The highest BCUT2D eigenvalue weighted by molar-refractivity contribution is 6.30. The van der Waals surface area contributed by atoms with Crippen molar-refractivity contribution in [3.63, 3.8) is 0 Å². The van der Waals surface area contributed by atoms with E-state index in [1.165, 1.54) is 0 Å². The summed E-state index contributed by atoms with van der Waals surface area (Å²) >= 11 is 5.77. The molecule has 0 bridgehead atoms. The zero-order valence-electron chi connectivity index (χ0n) is 11.1. The van der Waals surface area contributed by atoms with Gasteiger partial charge in [0.2, 0.25) is 0 Å². The van der Waals surface area contributed by atoms with Crippen LogP contribution in [0.1, 0.15) is 11.1 Å². The Balaban J connectivity index is 1.78. The summed E-state index contributed by atoms with van der Waals surface area (Å²) in [6, 6.07) is 8.79. The van der Waals surface area contributed by atoms with Gasteiger partial charge >= 0.3 is 0 Å². The van der Waals surface area contributed by atoms with Crippen LogP contribution in [-0.2, 0) is 11.3 Å². The Bertz CT molecular complexity index is 585. The van der Waals surface area contributed by atoms with Gasteiger partial charge in [-0.2, -0.15) is 0 Å². The first kappa shape index (κ1) is 14.3. The molecule has 0 fully saturated rings. The lowest BCUT2D eigenvalue weighted by molar-refractivity contribution is -0.123. The molecule has 1 aromatic carbocycles. The molecule has 0 unspecified atom stereocenters. The van der Waals surface area contributed by atoms with E-state index in [2.05, 4.69) is 10.3 Å². The van der Waals surface area contributed by atoms with Crippen LogP contribution in [0.5, 0.6) is 5.75 Å². The number of carbonyl (C=O) groups is 1. The third-order valence-electron chi connectivity index (χ3n) is 2.81. The molecule has 1 heterocycles. The first-order chi connectivity index (χ1) is 9.65. The monoisotopic (exact) mass is 290 g/mol. The number of ether oxygens (including phenoxy) is 1. The Labute approximate surface area is 122 Å². The first-order valence-electron chi connectivity index (χ1n) is 6.20. The molecular formula is C15H15ClN2O2. The van der Waals surface area contributed by atoms with Gasteiger partial charge in [0.25, 0.3) is 5.91 Å². The van der Waals surface area contributed by atoms with E-state index >= 15 is 0 Å². The molecule has 5 heteroatoms. The molecule has 1 aromatic heterocycles. The maximum atomic E-state index is 11.7. The van der Waals surface area contributed by atoms with Crippen molar-refractivity contribution in [2.45, 2.75) is 13.5 Å². The van der Waals surface area contributed by atoms with Crippen LogP contribution in [0, 0.1) is 6.92 Å². The highest BCUT2D eigenvalue weighted by atomic mass is 35.5. The normalized spacial score (nSPS) is 10.1. The number of halogens is 1. The van der Waals surface area contributed by atoms with Crippen LogP contribution in [-0.4, -0.2) is 17.5 Å². The Hall–Kier alpha value is -2.07. The van der Waals surface area contributed by atoms with Crippen molar-refractivity contribution < 1.29 is 9.53 Å². The fourth-order valence-corrected chi connectivity index (χ4v) is 1.73. The second kappa shape index (κ2) is 6.91. The minimum absolute atomic E-state index is 0.0268. The summed E-state index contributed by atoms with van der Waals surface area (Å²) in [5.41, 5.74) is 2.09. The maximum Gasteiger partial charge on any atom is 0.258 e. The average molecular weight is 291 g/mol. The molecule has 1 N–H and O–H groups in total. The van der Waals surface area contributed by atoms with Gasteiger partial charge in [-0.15, -0.1) is 0 Å². The minimum atomic E-state index is -0.178. The number of hydrogen-bond acceptors (Lipinski definition) is 3. The van der Waals surface area contributed by atoms with Gasteiger partial charge in [-0.05, 0) is 48.4 Å². The topological polar surface area (TPSA) is 51.2 Å². The SMILES string of the molecule is Cc1ccncc1CNC(=O)COc1ccc(Cl)cc1. The third-order valence-corrected chi connectivity index (χ3v) is 3.06. The highest BCUT2D eigenvalue weighted by Crippen LogP contribution is 2.15. The first-order valence-corrected chi connectivity index (χ1v) is 6.57. The highest BCUT2D eigenvalue weighted by Gasteiger charge is 2.04. The van der Waals surface area contributed by atoms with E-state index in [0.29, 0.717) is 17.3 Å². The van der Waals surface area contributed by atoms with Crippen LogP contribution >= 0.6 is 11.6 Å². The fourth-order valence-electron chi connectivity index (χ4n) is 1.61. The summed E-state index contributed by atoms with van der Waals surface area (Å²) < 4.78 is 5.36. The molecule has 0 saturated heterocycles. The van der Waals surface area contributed by atoms with Crippen molar-refractivity contribution in [2.75, 3.05) is 6.61 Å². The molecule has 0 aliphatic carbocycles. The van der Waals surface area contributed by atoms with E-state index < -0.39 is 0 Å². The predicted octanol–water partition coefficient (Wildman–Crippen LogP) is 2.74. The second-order valence-electron chi connectivity index (χ2n) is 4.32. The van der Waals surface area contributed by atoms with Crippen LogP contribution in [0.25, 0.3) is 0 Å². The standard InChI is InChI=1S/C15H15ClN2O2/c1-11-6-7-17-8-12(11)9-18-15(19)10-20-14-4-2-13(16)3-5-14/h2-8H,9-10H2,1H3,(H,18,19). The van der Waals surface area contributed by atoms with Crippen LogP contribution in [0.4, 0.5) is 0 Å². The number of rotatable bonds is 5. The molecule has 4 nitrogen and oxygen atoms in total. The number of hydrogen-bond donors (Lipinski definition) is 1. The molecule has 0 radical (unpaired) electrons. The number of aromatic nitrogens is 1. The zero-order chi connectivity index (χ0) is 14.4. The number of carbonyl (C=O) groups excluding carboxylic acids is 1. The van der Waals surface area contributed by atoms with E-state index in [-0.39, 0.29) is 12.5 Å². The summed E-state index contributed by atoms with van der Waals surface area (Å²) in [5, 5.41) is 3.42. The fraction of sp³-hybridized carbons (Fsp3) is 0.200. The molecule has 20 heavy (non-hydrogen) atoms. The van der Waals surface area contributed by atoms with E-state index in [9.17, 15) is 4.79 Å². The Morgan fingerprint density at radius 1 is 1.30 bits per heavy atom. The molecule has 104 valence electrons. The van der Waals surface area contributed by atoms with Gasteiger partial charge in [0.15, 0.2) is 6.61 Å². The summed E-state index contributed by atoms with van der Waals surface area (Å²) in [7, 11) is 0. The molecule has 2 rings (SSSR count). The summed E-state index contributed by atoms with van der Waals surface area (Å²) in [6.45, 7) is 2.40. The van der Waals surface area contributed by atoms with E-state index in [0.717, 1.165) is 11.1 Å². The maximum absolute atomic E-state index is 11.7. The molecule has 0 aliphatic heterocycles. The van der Waals surface area contributed by atoms with E-state index in [4.69, 9.17) is 16.3 Å². The Kier molecular flexibility index (Phi) is 4.96. The van der Waals surface area contributed by atoms with Crippen LogP contribution < -0.4 is 10.1 Å². The largest absolute Gasteiger partial charge is 0.484 e. The average Bonchev–Trinajstić information content (AvgIpc) is 2.46. The zero-order valence-corrected chi connectivity index (χ0v) is 11.9. The van der Waals surface area contributed by atoms with Crippen molar-refractivity contribution in [2.24, 2.45) is 0 Å². The van der Waals surface area contributed by atoms with E-state index in [1.54, 1.807) is 36.7 Å². The van der Waals surface area contributed by atoms with Gasteiger partial charge in [-0.1, -0.05) is 11.6 Å². The lowest BCUT2D eigenvalue weighted by Gasteiger charge is -2.08. The lowest BCUT2D eigenvalue weighted by Crippen LogP contribution is -2.28. The summed E-state index contributed by atoms with van der Waals surface area (Å²) in [6.07, 6.45) is 3.47. The molecule has 0 atom stereocenters. The second-order valence-corrected chi connectivity index (χ2v) is 4.76. The van der Waals surface area contributed by atoms with Crippen LogP contribution in [0.2, 0.25) is 5.02 Å². The Morgan fingerprint density at radius 3 is 2.75 bits per heavy atom. The van der Waals surface area contributed by atoms with Crippen molar-refractivity contribution in [1.82, 2.24) is 10.3 Å². The van der Waals surface area contributed by atoms with Gasteiger partial charge in [0.05, 0.1) is 0 Å². The molecule has 2 aromatic rings. The number of nitrogens with zero attached hydrogens (tertiary/aromatic N) is 1. The van der Waals surface area contributed by atoms with Gasteiger partial charge in [0, 0.05) is 24.0 Å². The minimum Gasteiger partial charge on any atom is -0.484 e. The van der Waals surface area contributed by atoms with Crippen molar-refractivity contribution in [3.05, 3.63) is 58.9 Å². The van der Waals surface area contributed by atoms with Crippen molar-refractivity contribution in [1.29, 1.82) is 0 Å². The third kappa shape index (κ3) is 4.24. The number of aryl methyl sites for hydroxylation is 1. The lowest BCUT2D eigenvalue weighted by atomic mass is 10.1. The van der Waals surface area contributed by atoms with Gasteiger partial charge in [0.1, 0.15) is 5.75 Å². The van der Waals surface area contributed by atoms with Crippen LogP contribution in [0.3, 0.4) is 0 Å². The predicted molar refractivity (Wildman–Crippen MR) is 77.8 cm³/mol. The summed E-state index contributed by atoms with van der Waals surface area (Å²) in [4.78, 5) is 15.7. The summed E-state index contributed by atoms with van der Waals surface area (Å²) in [5.74, 6) is 0.435. The molecular weight excluding hydrogens is 276 g/mol. The molecule has 0 aliphatic rings. The molecule has 0 saturated carbocycles. The van der Waals surface area contributed by atoms with Crippen LogP contribution in [0.15, 0.2) is 42.7 Å². The van der Waals surface area contributed by atoms with Gasteiger partial charge < -0.3 is 10.1 Å². The molecule has 1 amide bonds. The quantitative estimate of drug-likeness (QED) is 0.921. The van der Waals surface area contributed by atoms with Gasteiger partial charge in [-0.3, -0.25) is 9.78 Å². The van der Waals surface area contributed by atoms with Crippen molar-refractivity contribution >= 4 is 17.5 Å². The van der Waals surface area contributed by atoms with Crippen molar-refractivity contribution in [3.8, 4) is 5.75 Å². The number of pyridine rings is 1.